The quantitative estimate of drug-likeness (QED) is 0.0300. The molecule has 410 valence electrons. The Kier molecular flexibility index (Phi) is 22.1. The molecule has 0 bridgehead atoms. The average Bonchev–Trinajstić information content (AvgIpc) is 3.69. The molecule has 2 fully saturated rings. The van der Waals surface area contributed by atoms with Crippen molar-refractivity contribution >= 4 is 40.8 Å². The van der Waals surface area contributed by atoms with Gasteiger partial charge in [-0.1, -0.05) is 18.2 Å². The van der Waals surface area contributed by atoms with Gasteiger partial charge in [-0.3, -0.25) is 39.0 Å². The Labute approximate surface area is 444 Å². The number of aryl methyl sites for hydroxylation is 2. The number of nitrogens with one attached hydrogen (secondary N) is 3. The van der Waals surface area contributed by atoms with Crippen LogP contribution in [0, 0.1) is 20.8 Å². The number of rotatable bonds is 32. The maximum atomic E-state index is 14.0. The van der Waals surface area contributed by atoms with Crippen molar-refractivity contribution in [1.82, 2.24) is 15.2 Å². The lowest BCUT2D eigenvalue weighted by atomic mass is 9.92. The molecule has 0 saturated carbocycles. The van der Waals surface area contributed by atoms with E-state index in [1.165, 1.54) is 0 Å². The molecule has 1 unspecified atom stereocenters. The number of hydrogen-bond donors (Lipinski definition) is 3. The molecule has 0 radical (unpaired) electrons. The van der Waals surface area contributed by atoms with E-state index in [2.05, 4.69) is 33.5 Å². The number of imide groups is 2. The number of hydrogen-bond acceptors (Lipinski definition) is 16. The Morgan fingerprint density at radius 1 is 0.724 bits per heavy atom. The summed E-state index contributed by atoms with van der Waals surface area (Å²) in [6.07, 6.45) is 2.60. The topological polar surface area (TPSA) is 223 Å². The summed E-state index contributed by atoms with van der Waals surface area (Å²) in [5, 5.41) is 5.35. The van der Waals surface area contributed by atoms with Crippen molar-refractivity contribution in [3.63, 3.8) is 0 Å². The molecule has 19 heteroatoms. The van der Waals surface area contributed by atoms with Crippen LogP contribution in [0.2, 0.25) is 0 Å². The van der Waals surface area contributed by atoms with E-state index in [-0.39, 0.29) is 41.7 Å². The molecule has 2 saturated heterocycles. The number of amides is 4. The number of fused-ring (bicyclic) bond motifs is 1. The number of carbonyl (C=O) groups excluding carboxylic acids is 5. The van der Waals surface area contributed by atoms with Gasteiger partial charge in [-0.15, -0.1) is 0 Å². The molecule has 19 nitrogen and oxygen atoms in total. The van der Waals surface area contributed by atoms with E-state index in [9.17, 15) is 28.8 Å². The summed E-state index contributed by atoms with van der Waals surface area (Å²) in [5.41, 5.74) is 7.67. The third kappa shape index (κ3) is 15.6. The number of benzene rings is 3. The van der Waals surface area contributed by atoms with Gasteiger partial charge in [0.25, 0.3) is 17.4 Å². The van der Waals surface area contributed by atoms with Crippen LogP contribution in [0.3, 0.4) is 0 Å². The molecular formula is C57H73N5O14. The summed E-state index contributed by atoms with van der Waals surface area (Å²) < 4.78 is 45.3. The number of aromatic amines is 1. The summed E-state index contributed by atoms with van der Waals surface area (Å²) in [6.45, 7) is 15.7. The van der Waals surface area contributed by atoms with E-state index in [4.69, 9.17) is 37.9 Å². The molecule has 0 aliphatic carbocycles. The van der Waals surface area contributed by atoms with Crippen molar-refractivity contribution in [2.45, 2.75) is 78.3 Å². The lowest BCUT2D eigenvalue weighted by molar-refractivity contribution is -0.136. The van der Waals surface area contributed by atoms with Crippen molar-refractivity contribution < 1.29 is 61.9 Å². The molecule has 3 aliphatic rings. The number of pyridine rings is 1. The second-order valence-corrected chi connectivity index (χ2v) is 18.8. The van der Waals surface area contributed by atoms with Gasteiger partial charge in [0, 0.05) is 73.4 Å². The maximum Gasteiger partial charge on any atom is 0.264 e. The van der Waals surface area contributed by atoms with Gasteiger partial charge in [0.1, 0.15) is 18.4 Å². The van der Waals surface area contributed by atoms with E-state index in [0.717, 1.165) is 57.9 Å². The van der Waals surface area contributed by atoms with Crippen molar-refractivity contribution in [1.29, 1.82) is 0 Å². The minimum absolute atomic E-state index is 0.00925. The molecule has 0 spiro atoms. The molecule has 1 aromatic heterocycles. The number of ether oxygens (including phenoxy) is 8. The Morgan fingerprint density at radius 2 is 1.34 bits per heavy atom. The molecule has 76 heavy (non-hydrogen) atoms. The number of Topliss-reactive ketones (excluding diaryl/α,β-unsaturated/α-hetero) is 1. The second-order valence-electron chi connectivity index (χ2n) is 18.8. The van der Waals surface area contributed by atoms with Crippen molar-refractivity contribution in [3.8, 4) is 16.9 Å². The van der Waals surface area contributed by atoms with Crippen LogP contribution in [0.1, 0.15) is 92.5 Å². The zero-order valence-electron chi connectivity index (χ0n) is 44.3. The highest BCUT2D eigenvalue weighted by molar-refractivity contribution is 6.25. The third-order valence-electron chi connectivity index (χ3n) is 13.6. The fraction of sp³-hybridized carbons (Fsp3) is 0.509. The Hall–Kier alpha value is -6.32. The van der Waals surface area contributed by atoms with Gasteiger partial charge in [0.2, 0.25) is 11.8 Å². The monoisotopic (exact) mass is 1050 g/mol. The predicted molar refractivity (Wildman–Crippen MR) is 285 cm³/mol. The van der Waals surface area contributed by atoms with Crippen LogP contribution >= 0.6 is 0 Å². The van der Waals surface area contributed by atoms with Gasteiger partial charge in [-0.25, -0.2) is 0 Å². The lowest BCUT2D eigenvalue weighted by Gasteiger charge is -2.37. The first-order valence-electron chi connectivity index (χ1n) is 26.4. The minimum Gasteiger partial charge on any atom is -0.491 e. The first kappa shape index (κ1) is 57.4. The normalized spacial score (nSPS) is 15.8. The smallest absolute Gasteiger partial charge is 0.264 e. The summed E-state index contributed by atoms with van der Waals surface area (Å²) in [7, 11) is 0. The lowest BCUT2D eigenvalue weighted by Crippen LogP contribution is -2.54. The Balaban J connectivity index is 0.707. The summed E-state index contributed by atoms with van der Waals surface area (Å²) in [6, 6.07) is 18.2. The zero-order valence-corrected chi connectivity index (χ0v) is 44.3. The van der Waals surface area contributed by atoms with Crippen LogP contribution in [0.4, 0.5) is 11.4 Å². The van der Waals surface area contributed by atoms with Crippen LogP contribution in [0.5, 0.6) is 5.75 Å². The molecule has 7 rings (SSSR count). The largest absolute Gasteiger partial charge is 0.491 e. The van der Waals surface area contributed by atoms with Gasteiger partial charge in [0.15, 0.2) is 5.78 Å². The first-order valence-corrected chi connectivity index (χ1v) is 26.4. The standard InChI is InChI=1S/C57H73N5O14/c1-5-61(43-17-20-69-21-18-43)50-37-42(36-47(40(50)4)51(63)15-13-45-38(2)35-39(3)59-54(45)65)41-9-11-44(12-10-41)76-34-33-75-32-31-74-30-29-73-28-27-72-26-25-71-24-23-70-22-19-58-48-8-6-7-46-53(48)57(68)62(56(46)67)49-14-16-52(64)60-55(49)66/h6-12,35-37,43,49,58H,5,13-34H2,1-4H3,(H,59,65)(H,60,64,66). The fourth-order valence-electron chi connectivity index (χ4n) is 9.72. The highest BCUT2D eigenvalue weighted by Crippen LogP contribution is 2.36. The van der Waals surface area contributed by atoms with Gasteiger partial charge in [-0.05, 0) is 118 Å². The van der Waals surface area contributed by atoms with Crippen LogP contribution in [0.25, 0.3) is 11.1 Å². The number of aromatic nitrogens is 1. The van der Waals surface area contributed by atoms with Crippen LogP contribution < -0.4 is 25.8 Å². The fourth-order valence-corrected chi connectivity index (χ4v) is 9.72. The first-order chi connectivity index (χ1) is 36.9. The second kappa shape index (κ2) is 29.3. The van der Waals surface area contributed by atoms with Gasteiger partial charge >= 0.3 is 0 Å². The molecule has 4 heterocycles. The van der Waals surface area contributed by atoms with Crippen molar-refractivity contribution in [2.24, 2.45) is 0 Å². The summed E-state index contributed by atoms with van der Waals surface area (Å²) in [5.74, 6) is -1.47. The van der Waals surface area contributed by atoms with Crippen LogP contribution in [-0.4, -0.2) is 164 Å². The number of anilines is 2. The van der Waals surface area contributed by atoms with Gasteiger partial charge in [-0.2, -0.15) is 0 Å². The van der Waals surface area contributed by atoms with E-state index < -0.39 is 29.7 Å². The summed E-state index contributed by atoms with van der Waals surface area (Å²) in [4.78, 5) is 83.2. The van der Waals surface area contributed by atoms with E-state index in [1.54, 1.807) is 18.2 Å². The molecule has 3 N–H and O–H groups in total. The molecule has 3 aliphatic heterocycles. The summed E-state index contributed by atoms with van der Waals surface area (Å²) >= 11 is 0. The third-order valence-corrected chi connectivity index (χ3v) is 13.6. The van der Waals surface area contributed by atoms with E-state index in [1.807, 2.05) is 57.2 Å². The number of H-pyrrole nitrogens is 1. The molecule has 4 amide bonds. The van der Waals surface area contributed by atoms with E-state index in [0.29, 0.717) is 141 Å². The average molecular weight is 1050 g/mol. The number of ketones is 1. The zero-order chi connectivity index (χ0) is 53.8. The highest BCUT2D eigenvalue weighted by Gasteiger charge is 2.45. The molecule has 4 aromatic rings. The van der Waals surface area contributed by atoms with Gasteiger partial charge < -0.3 is 53.1 Å². The number of piperidine rings is 1. The number of carbonyl (C=O) groups is 5. The van der Waals surface area contributed by atoms with E-state index >= 15 is 0 Å². The predicted octanol–water partition coefficient (Wildman–Crippen LogP) is 5.78. The molecular weight excluding hydrogens is 979 g/mol. The maximum absolute atomic E-state index is 14.0. The Bertz CT molecular complexity index is 2670. The van der Waals surface area contributed by atoms with Crippen molar-refractivity contribution in [3.05, 3.63) is 110 Å². The van der Waals surface area contributed by atoms with Crippen LogP contribution in [-0.2, 0) is 49.2 Å². The molecule has 3 aromatic carbocycles. The van der Waals surface area contributed by atoms with Crippen LogP contribution in [0.15, 0.2) is 65.5 Å². The Morgan fingerprint density at radius 3 is 1.95 bits per heavy atom. The molecule has 1 atom stereocenters. The number of nitrogens with zero attached hydrogens (tertiary/aromatic N) is 2. The van der Waals surface area contributed by atoms with Gasteiger partial charge in [0.05, 0.1) is 90.4 Å². The minimum atomic E-state index is -1.02. The highest BCUT2D eigenvalue weighted by atomic mass is 16.6. The SMILES string of the molecule is CCN(c1cc(-c2ccc(OCCOCCOCCOCCOCCOCCOCCNc3cccc4c3C(=O)N(C3CCC(=O)NC3=O)C4=O)cc2)cc(C(=O)CCc2c(C)cc(C)[nH]c2=O)c1C)C1CCOCC1. The van der Waals surface area contributed by atoms with Crippen molar-refractivity contribution in [2.75, 3.05) is 122 Å².